The van der Waals surface area contributed by atoms with E-state index in [0.717, 1.165) is 17.5 Å². The summed E-state index contributed by atoms with van der Waals surface area (Å²) in [5.74, 6) is 0.928. The number of aromatic nitrogens is 1. The first-order valence-corrected chi connectivity index (χ1v) is 9.53. The molecule has 2 heterocycles. The first-order chi connectivity index (χ1) is 9.86. The minimum Gasteiger partial charge on any atom is -0.357 e. The van der Waals surface area contributed by atoms with Gasteiger partial charge in [0.25, 0.3) is 0 Å². The van der Waals surface area contributed by atoms with Crippen LogP contribution >= 0.6 is 11.3 Å². The fraction of sp³-hybridized carbons (Fsp3) is 0.692. The largest absolute Gasteiger partial charge is 0.357 e. The summed E-state index contributed by atoms with van der Waals surface area (Å²) in [5, 5.41) is 6.12. The molecule has 0 aliphatic carbocycles. The van der Waals surface area contributed by atoms with E-state index in [-0.39, 0.29) is 5.75 Å². The van der Waals surface area contributed by atoms with Gasteiger partial charge in [-0.2, -0.15) is 0 Å². The number of hydrogen-bond donors (Lipinski definition) is 1. The maximum absolute atomic E-state index is 12.1. The highest BCUT2D eigenvalue weighted by atomic mass is 32.2. The Bertz CT molecular complexity index is 594. The molecule has 0 bridgehead atoms. The molecular weight excluding hydrogens is 308 g/mol. The average Bonchev–Trinajstić information content (AvgIpc) is 2.91. The first-order valence-electron chi connectivity index (χ1n) is 6.99. The molecule has 1 saturated heterocycles. The lowest BCUT2D eigenvalue weighted by Gasteiger charge is -2.39. The standard InChI is InChI=1S/C13H22N4O2S2/c1-4-14-12(16-9-11-15-5-7-20-11)17-6-8-21(18,19)13(2,3)10-17/h5,7H,4,6,8-10H2,1-3H3,(H,14,16). The van der Waals surface area contributed by atoms with Crippen LogP contribution in [0.3, 0.4) is 0 Å². The fourth-order valence-electron chi connectivity index (χ4n) is 2.22. The molecule has 8 heteroatoms. The van der Waals surface area contributed by atoms with Gasteiger partial charge in [-0.1, -0.05) is 0 Å². The first kappa shape index (κ1) is 16.2. The molecule has 6 nitrogen and oxygen atoms in total. The van der Waals surface area contributed by atoms with E-state index in [1.165, 1.54) is 0 Å². The quantitative estimate of drug-likeness (QED) is 0.664. The normalized spacial score (nSPS) is 21.3. The van der Waals surface area contributed by atoms with Gasteiger partial charge in [0.1, 0.15) is 5.01 Å². The molecule has 1 aliphatic rings. The van der Waals surface area contributed by atoms with Gasteiger partial charge in [-0.3, -0.25) is 0 Å². The van der Waals surface area contributed by atoms with Crippen LogP contribution in [0.25, 0.3) is 0 Å². The molecule has 1 N–H and O–H groups in total. The van der Waals surface area contributed by atoms with E-state index in [1.807, 2.05) is 17.2 Å². The lowest BCUT2D eigenvalue weighted by atomic mass is 10.2. The van der Waals surface area contributed by atoms with Crippen molar-refractivity contribution in [1.29, 1.82) is 0 Å². The highest BCUT2D eigenvalue weighted by Gasteiger charge is 2.40. The minimum atomic E-state index is -3.04. The molecule has 0 saturated carbocycles. The summed E-state index contributed by atoms with van der Waals surface area (Å²) in [7, 11) is -3.04. The van der Waals surface area contributed by atoms with E-state index in [9.17, 15) is 8.42 Å². The van der Waals surface area contributed by atoms with E-state index in [1.54, 1.807) is 31.4 Å². The molecule has 1 fully saturated rings. The van der Waals surface area contributed by atoms with Gasteiger partial charge in [0.2, 0.25) is 0 Å². The molecule has 21 heavy (non-hydrogen) atoms. The summed E-state index contributed by atoms with van der Waals surface area (Å²) in [4.78, 5) is 10.8. The van der Waals surface area contributed by atoms with Gasteiger partial charge in [0.15, 0.2) is 15.8 Å². The van der Waals surface area contributed by atoms with Gasteiger partial charge in [-0.05, 0) is 20.8 Å². The predicted molar refractivity (Wildman–Crippen MR) is 86.4 cm³/mol. The average molecular weight is 330 g/mol. The van der Waals surface area contributed by atoms with Crippen molar-refractivity contribution in [1.82, 2.24) is 15.2 Å². The summed E-state index contributed by atoms with van der Waals surface area (Å²) >= 11 is 1.57. The fourth-order valence-corrected chi connectivity index (χ4v) is 4.13. The van der Waals surface area contributed by atoms with E-state index in [2.05, 4.69) is 15.3 Å². The van der Waals surface area contributed by atoms with Gasteiger partial charge in [0.05, 0.1) is 17.0 Å². The molecule has 1 aromatic rings. The Balaban J connectivity index is 2.13. The molecule has 0 spiro atoms. The number of thiazole rings is 1. The molecule has 0 unspecified atom stereocenters. The molecule has 0 atom stereocenters. The second kappa shape index (κ2) is 6.31. The third kappa shape index (κ3) is 3.74. The third-order valence-corrected chi connectivity index (χ3v) is 6.82. The predicted octanol–water partition coefficient (Wildman–Crippen LogP) is 1.12. The van der Waals surface area contributed by atoms with Gasteiger partial charge in [-0.25, -0.2) is 18.4 Å². The molecule has 118 valence electrons. The number of sulfone groups is 1. The van der Waals surface area contributed by atoms with E-state index < -0.39 is 14.6 Å². The molecule has 0 aromatic carbocycles. The third-order valence-electron chi connectivity index (χ3n) is 3.53. The topological polar surface area (TPSA) is 74.7 Å². The summed E-state index contributed by atoms with van der Waals surface area (Å²) < 4.78 is 23.4. The highest BCUT2D eigenvalue weighted by Crippen LogP contribution is 2.23. The van der Waals surface area contributed by atoms with Crippen LogP contribution in [0.2, 0.25) is 0 Å². The SMILES string of the molecule is CCNC(=NCc1nccs1)N1CCS(=O)(=O)C(C)(C)C1. The van der Waals surface area contributed by atoms with Gasteiger partial charge < -0.3 is 10.2 Å². The van der Waals surface area contributed by atoms with Crippen LogP contribution in [0, 0.1) is 0 Å². The number of hydrogen-bond acceptors (Lipinski definition) is 5. The van der Waals surface area contributed by atoms with E-state index in [0.29, 0.717) is 19.6 Å². The summed E-state index contributed by atoms with van der Waals surface area (Å²) in [6.07, 6.45) is 1.76. The van der Waals surface area contributed by atoms with Crippen LogP contribution in [-0.2, 0) is 16.4 Å². The Labute approximate surface area is 130 Å². The zero-order chi connectivity index (χ0) is 15.5. The number of nitrogens with zero attached hydrogens (tertiary/aromatic N) is 3. The van der Waals surface area contributed by atoms with Gasteiger partial charge >= 0.3 is 0 Å². The van der Waals surface area contributed by atoms with Crippen molar-refractivity contribution in [2.24, 2.45) is 4.99 Å². The molecular formula is C13H22N4O2S2. The van der Waals surface area contributed by atoms with E-state index >= 15 is 0 Å². The Kier molecular flexibility index (Phi) is 4.88. The van der Waals surface area contributed by atoms with Crippen molar-refractivity contribution in [3.05, 3.63) is 16.6 Å². The van der Waals surface area contributed by atoms with Crippen LogP contribution in [0.15, 0.2) is 16.6 Å². The molecule has 0 radical (unpaired) electrons. The lowest BCUT2D eigenvalue weighted by Crippen LogP contribution is -2.57. The highest BCUT2D eigenvalue weighted by molar-refractivity contribution is 7.92. The van der Waals surface area contributed by atoms with Gasteiger partial charge in [0, 0.05) is 31.2 Å². The molecule has 1 aliphatic heterocycles. The number of aliphatic imine (C=N–C) groups is 1. The Morgan fingerprint density at radius 1 is 1.57 bits per heavy atom. The molecule has 1 aromatic heterocycles. The monoisotopic (exact) mass is 330 g/mol. The van der Waals surface area contributed by atoms with Crippen molar-refractivity contribution in [3.8, 4) is 0 Å². The zero-order valence-electron chi connectivity index (χ0n) is 12.7. The van der Waals surface area contributed by atoms with Crippen molar-refractivity contribution >= 4 is 27.1 Å². The van der Waals surface area contributed by atoms with Crippen molar-refractivity contribution in [3.63, 3.8) is 0 Å². The van der Waals surface area contributed by atoms with E-state index in [4.69, 9.17) is 0 Å². The van der Waals surface area contributed by atoms with Crippen molar-refractivity contribution in [2.75, 3.05) is 25.4 Å². The second-order valence-corrected chi connectivity index (χ2v) is 9.32. The maximum atomic E-state index is 12.1. The van der Waals surface area contributed by atoms with Crippen LogP contribution in [0.4, 0.5) is 0 Å². The summed E-state index contributed by atoms with van der Waals surface area (Å²) in [6, 6.07) is 0. The number of rotatable bonds is 3. The summed E-state index contributed by atoms with van der Waals surface area (Å²) in [6.45, 7) is 7.76. The van der Waals surface area contributed by atoms with Crippen LogP contribution in [0.1, 0.15) is 25.8 Å². The molecule has 0 amide bonds. The minimum absolute atomic E-state index is 0.168. The Morgan fingerprint density at radius 2 is 2.33 bits per heavy atom. The number of nitrogens with one attached hydrogen (secondary N) is 1. The van der Waals surface area contributed by atoms with Crippen LogP contribution in [-0.4, -0.2) is 54.4 Å². The zero-order valence-corrected chi connectivity index (χ0v) is 14.3. The Morgan fingerprint density at radius 3 is 2.90 bits per heavy atom. The summed E-state index contributed by atoms with van der Waals surface area (Å²) in [5.41, 5.74) is 0. The smallest absolute Gasteiger partial charge is 0.194 e. The van der Waals surface area contributed by atoms with Crippen molar-refractivity contribution < 1.29 is 8.42 Å². The molecule has 2 rings (SSSR count). The second-order valence-electron chi connectivity index (χ2n) is 5.60. The van der Waals surface area contributed by atoms with Crippen LogP contribution < -0.4 is 5.32 Å². The lowest BCUT2D eigenvalue weighted by molar-refractivity contribution is 0.353. The van der Waals surface area contributed by atoms with Gasteiger partial charge in [-0.15, -0.1) is 11.3 Å². The van der Waals surface area contributed by atoms with Crippen LogP contribution in [0.5, 0.6) is 0 Å². The Hall–Kier alpha value is -1.15. The number of guanidine groups is 1. The van der Waals surface area contributed by atoms with Crippen molar-refractivity contribution in [2.45, 2.75) is 32.1 Å². The maximum Gasteiger partial charge on any atom is 0.194 e.